The van der Waals surface area contributed by atoms with Gasteiger partial charge in [-0.25, -0.2) is 9.78 Å². The summed E-state index contributed by atoms with van der Waals surface area (Å²) in [6, 6.07) is 16.8. The summed E-state index contributed by atoms with van der Waals surface area (Å²) in [4.78, 5) is 30.2. The molecule has 0 saturated carbocycles. The van der Waals surface area contributed by atoms with E-state index in [2.05, 4.69) is 20.5 Å². The van der Waals surface area contributed by atoms with E-state index in [0.717, 1.165) is 23.0 Å². The Morgan fingerprint density at radius 1 is 1.03 bits per heavy atom. The molecule has 0 aliphatic carbocycles. The van der Waals surface area contributed by atoms with Gasteiger partial charge < -0.3 is 5.32 Å². The number of imidazole rings is 1. The number of carbonyl (C=O) groups is 1. The molecule has 2 heterocycles. The molecule has 0 unspecified atom stereocenters. The molecule has 0 fully saturated rings. The van der Waals surface area contributed by atoms with E-state index in [1.54, 1.807) is 9.13 Å². The standard InChI is InChI=1S/C23H26N6O2/c1-3-14-28-18-11-7-8-12-19(18)29(23(28)31)15-13-20(30)25-21(17-9-5-4-6-10-17)22-24-16(2)26-27-22/h4-12,21H,3,13-15H2,1-2H3,(H,25,30)(H,24,26,27)/t21-/m0/s1. The predicted molar refractivity (Wildman–Crippen MR) is 119 cm³/mol. The number of rotatable bonds is 8. The summed E-state index contributed by atoms with van der Waals surface area (Å²) in [5.41, 5.74) is 2.55. The number of hydrogen-bond acceptors (Lipinski definition) is 4. The van der Waals surface area contributed by atoms with E-state index in [4.69, 9.17) is 0 Å². The van der Waals surface area contributed by atoms with Gasteiger partial charge in [-0.2, -0.15) is 5.10 Å². The number of amides is 1. The van der Waals surface area contributed by atoms with Crippen molar-refractivity contribution < 1.29 is 4.79 Å². The summed E-state index contributed by atoms with van der Waals surface area (Å²) in [7, 11) is 0. The van der Waals surface area contributed by atoms with Crippen LogP contribution < -0.4 is 11.0 Å². The van der Waals surface area contributed by atoms with Crippen LogP contribution in [-0.2, 0) is 17.9 Å². The Kier molecular flexibility index (Phi) is 5.97. The zero-order chi connectivity index (χ0) is 21.8. The van der Waals surface area contributed by atoms with Crippen LogP contribution in [0.15, 0.2) is 59.4 Å². The normalized spacial score (nSPS) is 12.2. The molecule has 0 aliphatic heterocycles. The lowest BCUT2D eigenvalue weighted by Crippen LogP contribution is -2.32. The van der Waals surface area contributed by atoms with Crippen LogP contribution in [0, 0.1) is 6.92 Å². The highest BCUT2D eigenvalue weighted by molar-refractivity contribution is 5.78. The maximum absolute atomic E-state index is 12.9. The topological polar surface area (TPSA) is 97.6 Å². The number of aromatic nitrogens is 5. The fraction of sp³-hybridized carbons (Fsp3) is 0.304. The number of nitrogens with one attached hydrogen (secondary N) is 2. The zero-order valence-corrected chi connectivity index (χ0v) is 17.7. The van der Waals surface area contributed by atoms with Crippen molar-refractivity contribution in [1.82, 2.24) is 29.6 Å². The summed E-state index contributed by atoms with van der Waals surface area (Å²) in [6.45, 7) is 4.81. The first kappa shape index (κ1) is 20.6. The first-order valence-corrected chi connectivity index (χ1v) is 10.5. The molecule has 8 nitrogen and oxygen atoms in total. The van der Waals surface area contributed by atoms with Gasteiger partial charge in [0, 0.05) is 19.5 Å². The molecule has 0 spiro atoms. The van der Waals surface area contributed by atoms with Crippen LogP contribution >= 0.6 is 0 Å². The Morgan fingerprint density at radius 3 is 2.29 bits per heavy atom. The second-order valence-corrected chi connectivity index (χ2v) is 7.51. The third-order valence-corrected chi connectivity index (χ3v) is 5.25. The van der Waals surface area contributed by atoms with E-state index in [1.807, 2.05) is 68.4 Å². The van der Waals surface area contributed by atoms with Gasteiger partial charge in [0.25, 0.3) is 0 Å². The van der Waals surface area contributed by atoms with Crippen molar-refractivity contribution in [3.63, 3.8) is 0 Å². The molecule has 31 heavy (non-hydrogen) atoms. The fourth-order valence-corrected chi connectivity index (χ4v) is 3.81. The number of benzene rings is 2. The highest BCUT2D eigenvalue weighted by Crippen LogP contribution is 2.19. The summed E-state index contributed by atoms with van der Waals surface area (Å²) >= 11 is 0. The van der Waals surface area contributed by atoms with Crippen LogP contribution in [0.3, 0.4) is 0 Å². The Labute approximate surface area is 179 Å². The molecule has 2 N–H and O–H groups in total. The Bertz CT molecular complexity index is 1240. The van der Waals surface area contributed by atoms with Gasteiger partial charge >= 0.3 is 5.69 Å². The van der Waals surface area contributed by atoms with Crippen molar-refractivity contribution in [1.29, 1.82) is 0 Å². The minimum atomic E-state index is -0.461. The maximum atomic E-state index is 12.9. The first-order valence-electron chi connectivity index (χ1n) is 10.5. The lowest BCUT2D eigenvalue weighted by molar-refractivity contribution is -0.121. The summed E-state index contributed by atoms with van der Waals surface area (Å²) in [5.74, 6) is 1.02. The van der Waals surface area contributed by atoms with Gasteiger partial charge in [-0.05, 0) is 31.0 Å². The summed E-state index contributed by atoms with van der Waals surface area (Å²) in [6.07, 6.45) is 1.04. The third kappa shape index (κ3) is 4.28. The third-order valence-electron chi connectivity index (χ3n) is 5.25. The second-order valence-electron chi connectivity index (χ2n) is 7.51. The van der Waals surface area contributed by atoms with E-state index in [9.17, 15) is 9.59 Å². The molecule has 0 bridgehead atoms. The molecule has 160 valence electrons. The average Bonchev–Trinajstić information content (AvgIpc) is 3.33. The molecule has 2 aromatic heterocycles. The number of H-pyrrole nitrogens is 1. The van der Waals surface area contributed by atoms with Gasteiger partial charge in [0.15, 0.2) is 5.82 Å². The lowest BCUT2D eigenvalue weighted by atomic mass is 10.1. The monoisotopic (exact) mass is 418 g/mol. The van der Waals surface area contributed by atoms with Crippen molar-refractivity contribution in [3.8, 4) is 0 Å². The molecule has 2 aromatic carbocycles. The summed E-state index contributed by atoms with van der Waals surface area (Å²) in [5, 5.41) is 10.1. The molecule has 8 heteroatoms. The van der Waals surface area contributed by atoms with Crippen molar-refractivity contribution in [2.45, 2.75) is 45.8 Å². The van der Waals surface area contributed by atoms with Crippen LogP contribution in [0.1, 0.15) is 43.0 Å². The van der Waals surface area contributed by atoms with Gasteiger partial charge in [0.2, 0.25) is 5.91 Å². The van der Waals surface area contributed by atoms with Gasteiger partial charge in [-0.1, -0.05) is 49.4 Å². The quantitative estimate of drug-likeness (QED) is 0.460. The fourth-order valence-electron chi connectivity index (χ4n) is 3.81. The van der Waals surface area contributed by atoms with Gasteiger partial charge in [0.05, 0.1) is 11.0 Å². The van der Waals surface area contributed by atoms with Crippen molar-refractivity contribution in [2.75, 3.05) is 0 Å². The molecular weight excluding hydrogens is 392 g/mol. The molecule has 4 rings (SSSR count). The van der Waals surface area contributed by atoms with E-state index in [1.165, 1.54) is 0 Å². The van der Waals surface area contributed by atoms with Crippen LogP contribution in [-0.4, -0.2) is 30.2 Å². The highest BCUT2D eigenvalue weighted by Gasteiger charge is 2.21. The van der Waals surface area contributed by atoms with Gasteiger partial charge in [-0.3, -0.25) is 19.0 Å². The number of nitrogens with zero attached hydrogens (tertiary/aromatic N) is 4. The Morgan fingerprint density at radius 2 is 1.68 bits per heavy atom. The van der Waals surface area contributed by atoms with Crippen LogP contribution in [0.5, 0.6) is 0 Å². The SMILES string of the molecule is CCCn1c(=O)n(CCC(=O)N[C@@H](c2ccccc2)c2n[nH]c(C)n2)c2ccccc21. The summed E-state index contributed by atoms with van der Waals surface area (Å²) < 4.78 is 3.45. The predicted octanol–water partition coefficient (Wildman–Crippen LogP) is 2.94. The smallest absolute Gasteiger partial charge is 0.329 e. The maximum Gasteiger partial charge on any atom is 0.329 e. The van der Waals surface area contributed by atoms with Gasteiger partial charge in [0.1, 0.15) is 11.9 Å². The molecule has 1 atom stereocenters. The number of hydrogen-bond donors (Lipinski definition) is 2. The Balaban J connectivity index is 1.55. The molecule has 0 saturated heterocycles. The molecule has 1 amide bonds. The zero-order valence-electron chi connectivity index (χ0n) is 17.7. The minimum absolute atomic E-state index is 0.0833. The van der Waals surface area contributed by atoms with Crippen molar-refractivity contribution >= 4 is 16.9 Å². The largest absolute Gasteiger partial charge is 0.342 e. The average molecular weight is 419 g/mol. The van der Waals surface area contributed by atoms with Crippen LogP contribution in [0.2, 0.25) is 0 Å². The van der Waals surface area contributed by atoms with E-state index < -0.39 is 6.04 Å². The van der Waals surface area contributed by atoms with Crippen LogP contribution in [0.4, 0.5) is 0 Å². The lowest BCUT2D eigenvalue weighted by Gasteiger charge is -2.16. The number of fused-ring (bicyclic) bond motifs is 1. The molecular formula is C23H26N6O2. The van der Waals surface area contributed by atoms with Crippen LogP contribution in [0.25, 0.3) is 11.0 Å². The number of aromatic amines is 1. The number of aryl methyl sites for hydroxylation is 3. The molecule has 0 aliphatic rings. The number of carbonyl (C=O) groups excluding carboxylic acids is 1. The highest BCUT2D eigenvalue weighted by atomic mass is 16.2. The number of para-hydroxylation sites is 2. The second kappa shape index (κ2) is 8.99. The van der Waals surface area contributed by atoms with Gasteiger partial charge in [-0.15, -0.1) is 0 Å². The van der Waals surface area contributed by atoms with Crippen molar-refractivity contribution in [2.24, 2.45) is 0 Å². The first-order chi connectivity index (χ1) is 15.1. The molecule has 4 aromatic rings. The van der Waals surface area contributed by atoms with E-state index >= 15 is 0 Å². The van der Waals surface area contributed by atoms with E-state index in [-0.39, 0.29) is 18.0 Å². The van der Waals surface area contributed by atoms with E-state index in [0.29, 0.717) is 24.7 Å². The molecule has 0 radical (unpaired) electrons. The minimum Gasteiger partial charge on any atom is -0.342 e. The van der Waals surface area contributed by atoms with Crippen molar-refractivity contribution in [3.05, 3.63) is 82.3 Å². The Hall–Kier alpha value is -3.68.